The van der Waals surface area contributed by atoms with Crippen LogP contribution >= 0.6 is 0 Å². The van der Waals surface area contributed by atoms with Crippen molar-refractivity contribution in [2.45, 2.75) is 13.8 Å². The Balaban J connectivity index is 2.12. The molecule has 0 radical (unpaired) electrons. The molecule has 1 aliphatic rings. The van der Waals surface area contributed by atoms with E-state index in [4.69, 9.17) is 4.52 Å². The number of aromatic nitrogens is 1. The Morgan fingerprint density at radius 2 is 2.16 bits per heavy atom. The number of halogens is 1. The highest BCUT2D eigenvalue weighted by Gasteiger charge is 2.26. The second kappa shape index (κ2) is 4.17. The van der Waals surface area contributed by atoms with Crippen molar-refractivity contribution in [2.24, 2.45) is 5.41 Å². The van der Waals surface area contributed by atoms with Gasteiger partial charge in [0.1, 0.15) is 11.5 Å². The van der Waals surface area contributed by atoms with Crippen LogP contribution in [0.5, 0.6) is 0 Å². The molecular weight excluding hydrogens is 243 g/mol. The van der Waals surface area contributed by atoms with E-state index in [-0.39, 0.29) is 11.2 Å². The van der Waals surface area contributed by atoms with E-state index in [1.54, 1.807) is 6.07 Å². The van der Waals surface area contributed by atoms with Gasteiger partial charge in [-0.3, -0.25) is 0 Å². The molecule has 3 rings (SSSR count). The van der Waals surface area contributed by atoms with Gasteiger partial charge in [0.25, 0.3) is 0 Å². The van der Waals surface area contributed by atoms with Crippen molar-refractivity contribution in [3.8, 4) is 0 Å². The van der Waals surface area contributed by atoms with Gasteiger partial charge in [0, 0.05) is 24.5 Å². The summed E-state index contributed by atoms with van der Waals surface area (Å²) in [6, 6.07) is 4.56. The van der Waals surface area contributed by atoms with E-state index in [9.17, 15) is 4.39 Å². The minimum Gasteiger partial charge on any atom is -0.356 e. The molecule has 1 aromatic carbocycles. The van der Waals surface area contributed by atoms with Crippen molar-refractivity contribution in [3.05, 3.63) is 35.8 Å². The average Bonchev–Trinajstić information content (AvgIpc) is 2.68. The molecule has 0 amide bonds. The van der Waals surface area contributed by atoms with Crippen LogP contribution in [0.4, 0.5) is 4.39 Å². The Labute approximate surface area is 111 Å². The summed E-state index contributed by atoms with van der Waals surface area (Å²) >= 11 is 0. The zero-order valence-electron chi connectivity index (χ0n) is 11.4. The maximum Gasteiger partial charge on any atom is 0.170 e. The highest BCUT2D eigenvalue weighted by atomic mass is 19.1. The van der Waals surface area contributed by atoms with Crippen LogP contribution in [0.1, 0.15) is 19.5 Å². The maximum absolute atomic E-state index is 13.2. The van der Waals surface area contributed by atoms with Crippen molar-refractivity contribution in [2.75, 3.05) is 20.1 Å². The normalized spacial score (nSPS) is 19.7. The molecule has 2 aromatic rings. The molecule has 19 heavy (non-hydrogen) atoms. The SMILES string of the molecule is CN1CC(c2noc3cc(F)ccc23)=CC(C)(C)C1. The molecule has 0 unspecified atom stereocenters. The minimum atomic E-state index is -0.301. The average molecular weight is 260 g/mol. The summed E-state index contributed by atoms with van der Waals surface area (Å²) < 4.78 is 18.4. The van der Waals surface area contributed by atoms with Gasteiger partial charge < -0.3 is 9.42 Å². The third-order valence-electron chi connectivity index (χ3n) is 3.42. The number of nitrogens with zero attached hydrogens (tertiary/aromatic N) is 2. The summed E-state index contributed by atoms with van der Waals surface area (Å²) in [5, 5.41) is 5.00. The number of benzene rings is 1. The summed E-state index contributed by atoms with van der Waals surface area (Å²) in [5.41, 5.74) is 2.58. The molecule has 3 nitrogen and oxygen atoms in total. The van der Waals surface area contributed by atoms with Gasteiger partial charge >= 0.3 is 0 Å². The lowest BCUT2D eigenvalue weighted by Crippen LogP contribution is -2.35. The monoisotopic (exact) mass is 260 g/mol. The number of hydrogen-bond donors (Lipinski definition) is 0. The molecule has 1 aliphatic heterocycles. The van der Waals surface area contributed by atoms with Crippen molar-refractivity contribution in [1.29, 1.82) is 0 Å². The van der Waals surface area contributed by atoms with E-state index < -0.39 is 0 Å². The molecule has 0 atom stereocenters. The Kier molecular flexibility index (Phi) is 2.71. The Morgan fingerprint density at radius 1 is 1.37 bits per heavy atom. The second-order valence-corrected chi connectivity index (χ2v) is 6.00. The Hall–Kier alpha value is -1.68. The van der Waals surface area contributed by atoms with Crippen molar-refractivity contribution in [3.63, 3.8) is 0 Å². The molecule has 0 saturated carbocycles. The fourth-order valence-corrected chi connectivity index (χ4v) is 2.89. The smallest absolute Gasteiger partial charge is 0.170 e. The first-order valence-corrected chi connectivity index (χ1v) is 6.40. The number of hydrogen-bond acceptors (Lipinski definition) is 3. The summed E-state index contributed by atoms with van der Waals surface area (Å²) in [7, 11) is 2.09. The first-order valence-electron chi connectivity index (χ1n) is 6.40. The number of likely N-dealkylation sites (N-methyl/N-ethyl adjacent to an activating group) is 1. The van der Waals surface area contributed by atoms with Crippen molar-refractivity contribution < 1.29 is 8.91 Å². The van der Waals surface area contributed by atoms with E-state index in [1.165, 1.54) is 12.1 Å². The lowest BCUT2D eigenvalue weighted by atomic mass is 9.85. The van der Waals surface area contributed by atoms with Gasteiger partial charge in [-0.25, -0.2) is 4.39 Å². The van der Waals surface area contributed by atoms with E-state index in [2.05, 4.69) is 37.0 Å². The molecule has 4 heteroatoms. The number of rotatable bonds is 1. The lowest BCUT2D eigenvalue weighted by molar-refractivity contribution is 0.259. The first kappa shape index (κ1) is 12.4. The van der Waals surface area contributed by atoms with E-state index in [0.29, 0.717) is 5.58 Å². The fourth-order valence-electron chi connectivity index (χ4n) is 2.89. The van der Waals surface area contributed by atoms with Crippen LogP contribution in [0.25, 0.3) is 16.5 Å². The zero-order valence-corrected chi connectivity index (χ0v) is 11.4. The van der Waals surface area contributed by atoms with E-state index in [1.807, 2.05) is 0 Å². The van der Waals surface area contributed by atoms with Gasteiger partial charge in [-0.15, -0.1) is 0 Å². The highest BCUT2D eigenvalue weighted by Crippen LogP contribution is 2.33. The van der Waals surface area contributed by atoms with Gasteiger partial charge in [-0.1, -0.05) is 25.1 Å². The first-order chi connectivity index (χ1) is 8.94. The largest absolute Gasteiger partial charge is 0.356 e. The molecule has 0 spiro atoms. The van der Waals surface area contributed by atoms with Crippen molar-refractivity contribution in [1.82, 2.24) is 10.1 Å². The summed E-state index contributed by atoms with van der Waals surface area (Å²) in [4.78, 5) is 2.26. The van der Waals surface area contributed by atoms with Gasteiger partial charge in [0.15, 0.2) is 5.58 Å². The van der Waals surface area contributed by atoms with E-state index in [0.717, 1.165) is 29.7 Å². The molecule has 0 bridgehead atoms. The quantitative estimate of drug-likeness (QED) is 0.787. The van der Waals surface area contributed by atoms with Crippen LogP contribution in [0.3, 0.4) is 0 Å². The molecule has 0 N–H and O–H groups in total. The van der Waals surface area contributed by atoms with E-state index >= 15 is 0 Å². The summed E-state index contributed by atoms with van der Waals surface area (Å²) in [6.07, 6.45) is 2.24. The molecule has 1 aromatic heterocycles. The topological polar surface area (TPSA) is 29.3 Å². The Bertz CT molecular complexity index is 657. The third kappa shape index (κ3) is 2.28. The summed E-state index contributed by atoms with van der Waals surface area (Å²) in [5.74, 6) is -0.301. The second-order valence-electron chi connectivity index (χ2n) is 6.00. The predicted octanol–water partition coefficient (Wildman–Crippen LogP) is 3.32. The maximum atomic E-state index is 13.2. The summed E-state index contributed by atoms with van der Waals surface area (Å²) in [6.45, 7) is 6.25. The highest BCUT2D eigenvalue weighted by molar-refractivity contribution is 5.89. The van der Waals surface area contributed by atoms with Gasteiger partial charge in [0.05, 0.1) is 0 Å². The van der Waals surface area contributed by atoms with Gasteiger partial charge in [0.2, 0.25) is 0 Å². The zero-order chi connectivity index (χ0) is 13.6. The van der Waals surface area contributed by atoms with Gasteiger partial charge in [-0.05, 0) is 30.2 Å². The molecular formula is C15H17FN2O. The molecule has 0 fully saturated rings. The lowest BCUT2D eigenvalue weighted by Gasteiger charge is -2.33. The molecule has 0 saturated heterocycles. The molecule has 0 aliphatic carbocycles. The minimum absolute atomic E-state index is 0.105. The van der Waals surface area contributed by atoms with Crippen LogP contribution in [-0.2, 0) is 0 Å². The van der Waals surface area contributed by atoms with Crippen LogP contribution in [0, 0.1) is 11.2 Å². The molecule has 100 valence electrons. The predicted molar refractivity (Wildman–Crippen MR) is 73.2 cm³/mol. The van der Waals surface area contributed by atoms with Crippen LogP contribution in [-0.4, -0.2) is 30.2 Å². The van der Waals surface area contributed by atoms with Crippen LogP contribution < -0.4 is 0 Å². The standard InChI is InChI=1S/C15H17FN2O/c1-15(2)7-10(8-18(3)9-15)14-12-5-4-11(16)6-13(12)19-17-14/h4-7H,8-9H2,1-3H3. The van der Waals surface area contributed by atoms with Crippen molar-refractivity contribution >= 4 is 16.5 Å². The van der Waals surface area contributed by atoms with Gasteiger partial charge in [-0.2, -0.15) is 0 Å². The van der Waals surface area contributed by atoms with Crippen LogP contribution in [0.2, 0.25) is 0 Å². The fraction of sp³-hybridized carbons (Fsp3) is 0.400. The van der Waals surface area contributed by atoms with Crippen LogP contribution in [0.15, 0.2) is 28.8 Å². The Morgan fingerprint density at radius 3 is 2.89 bits per heavy atom. The molecule has 2 heterocycles. The number of fused-ring (bicyclic) bond motifs is 1. The third-order valence-corrected chi connectivity index (χ3v) is 3.42.